The van der Waals surface area contributed by atoms with Crippen molar-refractivity contribution >= 4 is 23.0 Å². The number of aliphatic hydroxyl groups is 6. The molecule has 7 aliphatic rings. The number of ether oxygens (including phenoxy) is 2. The molecule has 8 bridgehead atoms. The molecule has 58 heavy (non-hydrogen) atoms. The molecule has 0 aromatic heterocycles. The van der Waals surface area contributed by atoms with Crippen molar-refractivity contribution < 1.29 is 44.9 Å². The minimum Gasteiger partial charge on any atom is -0.511 e. The lowest BCUT2D eigenvalue weighted by Gasteiger charge is -2.39. The fourth-order valence-electron chi connectivity index (χ4n) is 8.95. The van der Waals surface area contributed by atoms with Gasteiger partial charge in [-0.15, -0.1) is 0 Å². The molecule has 312 valence electrons. The van der Waals surface area contributed by atoms with Gasteiger partial charge in [-0.1, -0.05) is 26.7 Å². The maximum absolute atomic E-state index is 13.2. The van der Waals surface area contributed by atoms with Crippen LogP contribution in [0.4, 0.5) is 0 Å². The standard InChI is InChI=1S/C44H57N5O9/c1-6-25-21(2)30-17-34-28(19-50)23(4)29(47-34)16-31-22(3)26(39(48-31)27-15-35(52)38-24(5)32(49-40(27)38)18-33(25)46-30)11-12-37(53)45-13-9-7-8-10-14-57-44-43(56)42(55)41(54)36(20-51)58-44/h16-18,22,26,36,41-44,48,50-52,54-56H,6-15,19-20H2,1-5H3,(H,45,53)/t22-,26-,36+,41-,42-,43+,44+/m0/s1. The molecule has 0 saturated carbocycles. The maximum Gasteiger partial charge on any atom is 0.220 e. The molecule has 1 aliphatic carbocycles. The summed E-state index contributed by atoms with van der Waals surface area (Å²) in [5, 5.41) is 68.0. The lowest BCUT2D eigenvalue weighted by Crippen LogP contribution is -2.59. The van der Waals surface area contributed by atoms with Gasteiger partial charge in [0.1, 0.15) is 30.2 Å². The van der Waals surface area contributed by atoms with Crippen molar-refractivity contribution in [2.24, 2.45) is 26.8 Å². The quantitative estimate of drug-likeness (QED) is 0.119. The number of fused-ring (bicyclic) bond motifs is 5. The third-order valence-electron chi connectivity index (χ3n) is 12.5. The summed E-state index contributed by atoms with van der Waals surface area (Å²) in [6.07, 6.45) is 4.68. The molecule has 0 spiro atoms. The van der Waals surface area contributed by atoms with Crippen LogP contribution in [0.2, 0.25) is 0 Å². The van der Waals surface area contributed by atoms with E-state index in [1.165, 1.54) is 0 Å². The summed E-state index contributed by atoms with van der Waals surface area (Å²) in [5.74, 6) is 0.193. The van der Waals surface area contributed by atoms with E-state index in [2.05, 4.69) is 37.5 Å². The number of aliphatic imine (C=N–C) groups is 3. The highest BCUT2D eigenvalue weighted by atomic mass is 16.7. The third kappa shape index (κ3) is 7.91. The first-order valence-electron chi connectivity index (χ1n) is 20.6. The SMILES string of the molecule is CCC1=C(C)C2=NC1=CC1=C(C)C3=C(O)CC(=C4NC(=CC5=NC(=C2)C(CO)=C5C)[C@@H](C)[C@@H]4CCC(=O)NCCCCCCO[C@@H]2O[C@H](CO)[C@H](O)[C@H](O)[C@H]2O)C3=N1. The summed E-state index contributed by atoms with van der Waals surface area (Å²) in [4.78, 5) is 28.4. The first kappa shape index (κ1) is 41.9. The maximum atomic E-state index is 13.2. The lowest BCUT2D eigenvalue weighted by molar-refractivity contribution is -0.301. The lowest BCUT2D eigenvalue weighted by atomic mass is 9.86. The Balaban J connectivity index is 1.03. The van der Waals surface area contributed by atoms with Crippen molar-refractivity contribution in [1.82, 2.24) is 10.6 Å². The Morgan fingerprint density at radius 1 is 0.914 bits per heavy atom. The summed E-state index contributed by atoms with van der Waals surface area (Å²) < 4.78 is 11.0. The normalized spacial score (nSPS) is 29.2. The summed E-state index contributed by atoms with van der Waals surface area (Å²) in [5.41, 5.74) is 13.0. The molecule has 0 radical (unpaired) electrons. The zero-order chi connectivity index (χ0) is 41.4. The molecule has 2 fully saturated rings. The predicted octanol–water partition coefficient (Wildman–Crippen LogP) is 3.92. The van der Waals surface area contributed by atoms with Crippen LogP contribution in [0, 0.1) is 11.8 Å². The van der Waals surface area contributed by atoms with Gasteiger partial charge in [0.2, 0.25) is 5.91 Å². The van der Waals surface area contributed by atoms with Crippen LogP contribution in [0.25, 0.3) is 0 Å². The van der Waals surface area contributed by atoms with Crippen LogP contribution in [-0.4, -0.2) is 111 Å². The number of rotatable bonds is 14. The number of nitrogens with one attached hydrogen (secondary N) is 2. The van der Waals surface area contributed by atoms with Crippen molar-refractivity contribution in [3.8, 4) is 0 Å². The zero-order valence-corrected chi connectivity index (χ0v) is 34.0. The van der Waals surface area contributed by atoms with E-state index in [-0.39, 0.29) is 36.7 Å². The topological polar surface area (TPSA) is 218 Å². The van der Waals surface area contributed by atoms with Crippen LogP contribution in [0.15, 0.2) is 106 Å². The minimum atomic E-state index is -1.47. The number of amides is 1. The Morgan fingerprint density at radius 3 is 2.34 bits per heavy atom. The van der Waals surface area contributed by atoms with Crippen LogP contribution >= 0.6 is 0 Å². The molecule has 6 aliphatic heterocycles. The second kappa shape index (κ2) is 17.5. The van der Waals surface area contributed by atoms with Crippen molar-refractivity contribution in [2.75, 3.05) is 26.4 Å². The Hall–Kier alpha value is -4.28. The van der Waals surface area contributed by atoms with Gasteiger partial charge < -0.3 is 50.7 Å². The van der Waals surface area contributed by atoms with E-state index >= 15 is 0 Å². The number of carbonyl (C=O) groups excluding carboxylic acids is 1. The number of aliphatic hydroxyl groups excluding tert-OH is 6. The molecule has 0 aromatic carbocycles. The largest absolute Gasteiger partial charge is 0.511 e. The molecular weight excluding hydrogens is 743 g/mol. The molecule has 1 amide bonds. The first-order chi connectivity index (χ1) is 27.9. The molecule has 6 heterocycles. The van der Waals surface area contributed by atoms with Gasteiger partial charge in [0, 0.05) is 65.9 Å². The van der Waals surface area contributed by atoms with E-state index in [0.717, 1.165) is 105 Å². The second-order valence-corrected chi connectivity index (χ2v) is 16.1. The van der Waals surface area contributed by atoms with E-state index in [0.29, 0.717) is 37.9 Å². The van der Waals surface area contributed by atoms with E-state index in [1.54, 1.807) is 0 Å². The van der Waals surface area contributed by atoms with Crippen molar-refractivity contribution in [2.45, 2.75) is 117 Å². The summed E-state index contributed by atoms with van der Waals surface area (Å²) in [7, 11) is 0. The van der Waals surface area contributed by atoms with Gasteiger partial charge >= 0.3 is 0 Å². The van der Waals surface area contributed by atoms with E-state index in [4.69, 9.17) is 24.5 Å². The second-order valence-electron chi connectivity index (χ2n) is 16.1. The van der Waals surface area contributed by atoms with Gasteiger partial charge in [-0.2, -0.15) is 0 Å². The van der Waals surface area contributed by atoms with Crippen LogP contribution < -0.4 is 10.6 Å². The van der Waals surface area contributed by atoms with Gasteiger partial charge in [-0.25, -0.2) is 15.0 Å². The van der Waals surface area contributed by atoms with Gasteiger partial charge in [-0.05, 0) is 87.0 Å². The fraction of sp³-hybridized carbons (Fsp3) is 0.545. The Morgan fingerprint density at radius 2 is 1.62 bits per heavy atom. The molecule has 8 N–H and O–H groups in total. The van der Waals surface area contributed by atoms with E-state index in [1.807, 2.05) is 26.0 Å². The number of hydrogen-bond donors (Lipinski definition) is 8. The van der Waals surface area contributed by atoms with E-state index in [9.17, 15) is 35.4 Å². The van der Waals surface area contributed by atoms with Gasteiger partial charge in [-0.3, -0.25) is 4.79 Å². The highest BCUT2D eigenvalue weighted by Gasteiger charge is 2.44. The van der Waals surface area contributed by atoms with Crippen molar-refractivity contribution in [1.29, 1.82) is 0 Å². The molecule has 0 unspecified atom stereocenters. The Labute approximate surface area is 339 Å². The van der Waals surface area contributed by atoms with Crippen LogP contribution in [0.5, 0.6) is 0 Å². The van der Waals surface area contributed by atoms with Crippen LogP contribution in [0.1, 0.15) is 86.0 Å². The molecular formula is C44H57N5O9. The average molecular weight is 800 g/mol. The number of nitrogens with zero attached hydrogens (tertiary/aromatic N) is 3. The summed E-state index contributed by atoms with van der Waals surface area (Å²) >= 11 is 0. The number of allylic oxidation sites excluding steroid dienone is 11. The monoisotopic (exact) mass is 799 g/mol. The zero-order valence-electron chi connectivity index (χ0n) is 34.0. The summed E-state index contributed by atoms with van der Waals surface area (Å²) in [6.45, 7) is 10.4. The van der Waals surface area contributed by atoms with Crippen molar-refractivity contribution in [3.05, 3.63) is 91.5 Å². The highest BCUT2D eigenvalue weighted by molar-refractivity contribution is 6.21. The fourth-order valence-corrected chi connectivity index (χ4v) is 8.95. The molecule has 7 rings (SSSR count). The molecule has 7 atom stereocenters. The first-order valence-corrected chi connectivity index (χ1v) is 20.6. The van der Waals surface area contributed by atoms with Crippen molar-refractivity contribution in [3.63, 3.8) is 0 Å². The van der Waals surface area contributed by atoms with Gasteiger partial charge in [0.15, 0.2) is 6.29 Å². The molecule has 14 heteroatoms. The number of hydrogen-bond acceptors (Lipinski definition) is 13. The third-order valence-corrected chi connectivity index (χ3v) is 12.5. The van der Waals surface area contributed by atoms with Gasteiger partial charge in [0.05, 0.1) is 47.4 Å². The van der Waals surface area contributed by atoms with Gasteiger partial charge in [0.25, 0.3) is 0 Å². The number of carbonyl (C=O) groups is 1. The molecule has 2 saturated heterocycles. The van der Waals surface area contributed by atoms with E-state index < -0.39 is 37.3 Å². The molecule has 0 aromatic rings. The van der Waals surface area contributed by atoms with Crippen LogP contribution in [0.3, 0.4) is 0 Å². The number of unbranched alkanes of at least 4 members (excludes halogenated alkanes) is 3. The Kier molecular flexibility index (Phi) is 12.6. The highest BCUT2D eigenvalue weighted by Crippen LogP contribution is 2.46. The predicted molar refractivity (Wildman–Crippen MR) is 220 cm³/mol. The molecule has 14 nitrogen and oxygen atoms in total. The summed E-state index contributed by atoms with van der Waals surface area (Å²) in [6, 6.07) is 0. The van der Waals surface area contributed by atoms with Crippen LogP contribution in [-0.2, 0) is 14.3 Å². The Bertz CT molecular complexity index is 2080. The average Bonchev–Trinajstić information content (AvgIpc) is 3.96. The minimum absolute atomic E-state index is 0.00111. The smallest absolute Gasteiger partial charge is 0.220 e.